The van der Waals surface area contributed by atoms with Crippen molar-refractivity contribution in [2.45, 2.75) is 6.42 Å². The number of fused-ring (bicyclic) bond motifs is 1. The Labute approximate surface area is 111 Å². The first-order chi connectivity index (χ1) is 7.74. The largest absolute Gasteiger partial charge is 0.383 e. The molecule has 0 bridgehead atoms. The van der Waals surface area contributed by atoms with Crippen LogP contribution in [0.4, 0.5) is 0 Å². The highest BCUT2D eigenvalue weighted by Gasteiger charge is 2.32. The lowest BCUT2D eigenvalue weighted by Gasteiger charge is -2.04. The van der Waals surface area contributed by atoms with Crippen LogP contribution in [0.1, 0.15) is 16.2 Å². The second kappa shape index (κ2) is 4.80. The maximum absolute atomic E-state index is 7.40. The fourth-order valence-corrected chi connectivity index (χ4v) is 3.52. The smallest absolute Gasteiger partial charge is 0.133 e. The number of nitrogen functional groups attached to an aromatic ring is 1. The van der Waals surface area contributed by atoms with E-state index in [-0.39, 0.29) is 18.2 Å². The van der Waals surface area contributed by atoms with E-state index >= 15 is 0 Å². The van der Waals surface area contributed by atoms with Gasteiger partial charge in [-0.05, 0) is 42.5 Å². The molecule has 2 aliphatic rings. The van der Waals surface area contributed by atoms with Crippen molar-refractivity contribution >= 4 is 35.2 Å². The van der Waals surface area contributed by atoms with Gasteiger partial charge in [0.05, 0.1) is 4.88 Å². The molecule has 1 saturated heterocycles. The third-order valence-electron chi connectivity index (χ3n) is 3.48. The van der Waals surface area contributed by atoms with Crippen molar-refractivity contribution < 1.29 is 0 Å². The summed E-state index contributed by atoms with van der Waals surface area (Å²) in [5, 5.41) is 10.8. The van der Waals surface area contributed by atoms with Crippen LogP contribution in [-0.4, -0.2) is 18.9 Å². The molecule has 0 aromatic carbocycles. The van der Waals surface area contributed by atoms with Gasteiger partial charge in [-0.1, -0.05) is 6.08 Å². The first-order valence-electron chi connectivity index (χ1n) is 5.60. The van der Waals surface area contributed by atoms with Gasteiger partial charge in [0.25, 0.3) is 0 Å². The van der Waals surface area contributed by atoms with Crippen LogP contribution in [0.25, 0.3) is 5.57 Å². The number of hydrogen-bond donors (Lipinski definition) is 3. The summed E-state index contributed by atoms with van der Waals surface area (Å²) >= 11 is 1.64. The molecule has 1 aromatic heterocycles. The molecule has 3 rings (SSSR count). The molecule has 4 N–H and O–H groups in total. The molecule has 0 amide bonds. The molecule has 1 aliphatic carbocycles. The van der Waals surface area contributed by atoms with Crippen LogP contribution >= 0.6 is 23.7 Å². The normalized spacial score (nSPS) is 26.2. The van der Waals surface area contributed by atoms with Gasteiger partial charge in [-0.15, -0.1) is 23.7 Å². The van der Waals surface area contributed by atoms with E-state index in [0.717, 1.165) is 29.8 Å². The molecule has 0 saturated carbocycles. The lowest BCUT2D eigenvalue weighted by atomic mass is 10.00. The maximum atomic E-state index is 7.40. The summed E-state index contributed by atoms with van der Waals surface area (Å²) in [4.78, 5) is 2.17. The second-order valence-electron chi connectivity index (χ2n) is 4.56. The number of hydrogen-bond acceptors (Lipinski definition) is 3. The molecule has 1 aromatic rings. The monoisotopic (exact) mass is 269 g/mol. The molecule has 0 spiro atoms. The lowest BCUT2D eigenvalue weighted by Crippen LogP contribution is -2.09. The third kappa shape index (κ3) is 2.25. The molecule has 92 valence electrons. The Bertz CT molecular complexity index is 466. The summed E-state index contributed by atoms with van der Waals surface area (Å²) in [6, 6.07) is 4.05. The van der Waals surface area contributed by atoms with Crippen molar-refractivity contribution in [2.24, 2.45) is 17.6 Å². The molecule has 0 radical (unpaired) electrons. The molecular formula is C12H16ClN3S. The van der Waals surface area contributed by atoms with Gasteiger partial charge >= 0.3 is 0 Å². The fraction of sp³-hybridized carbons (Fsp3) is 0.417. The van der Waals surface area contributed by atoms with E-state index in [4.69, 9.17) is 11.1 Å². The van der Waals surface area contributed by atoms with Crippen molar-refractivity contribution in [3.63, 3.8) is 0 Å². The zero-order chi connectivity index (χ0) is 11.1. The van der Waals surface area contributed by atoms with E-state index in [9.17, 15) is 0 Å². The Morgan fingerprint density at radius 3 is 2.88 bits per heavy atom. The van der Waals surface area contributed by atoms with Gasteiger partial charge in [-0.3, -0.25) is 5.41 Å². The number of halogens is 1. The van der Waals surface area contributed by atoms with E-state index in [1.54, 1.807) is 11.3 Å². The second-order valence-corrected chi connectivity index (χ2v) is 5.64. The highest BCUT2D eigenvalue weighted by atomic mass is 35.5. The van der Waals surface area contributed by atoms with Gasteiger partial charge in [0.1, 0.15) is 5.84 Å². The zero-order valence-electron chi connectivity index (χ0n) is 9.40. The van der Waals surface area contributed by atoms with E-state index in [2.05, 4.69) is 17.5 Å². The standard InChI is InChI=1S/C12H15N3S.ClH/c13-12(14)11-2-1-10(16-11)7-3-8-5-15-6-9(8)4-7;/h1-3,8-9,15H,4-6H2,(H3,13,14);1H. The van der Waals surface area contributed by atoms with Crippen LogP contribution in [-0.2, 0) is 0 Å². The summed E-state index contributed by atoms with van der Waals surface area (Å²) in [5.74, 6) is 1.69. The number of rotatable bonds is 2. The number of nitrogens with one attached hydrogen (secondary N) is 2. The van der Waals surface area contributed by atoms with Crippen LogP contribution in [0.2, 0.25) is 0 Å². The Morgan fingerprint density at radius 1 is 1.41 bits per heavy atom. The van der Waals surface area contributed by atoms with Crippen LogP contribution in [0.5, 0.6) is 0 Å². The van der Waals surface area contributed by atoms with Gasteiger partial charge in [0.15, 0.2) is 0 Å². The number of allylic oxidation sites excluding steroid dienone is 1. The molecule has 2 atom stereocenters. The minimum atomic E-state index is 0. The molecule has 3 nitrogen and oxygen atoms in total. The third-order valence-corrected chi connectivity index (χ3v) is 4.67. The molecule has 17 heavy (non-hydrogen) atoms. The number of nitrogens with two attached hydrogens (primary N) is 1. The van der Waals surface area contributed by atoms with Crippen LogP contribution in [0.15, 0.2) is 18.2 Å². The molecule has 2 heterocycles. The molecule has 5 heteroatoms. The summed E-state index contributed by atoms with van der Waals surface area (Å²) in [7, 11) is 0. The number of thiophene rings is 1. The van der Waals surface area contributed by atoms with Crippen molar-refractivity contribution in [2.75, 3.05) is 13.1 Å². The highest BCUT2D eigenvalue weighted by molar-refractivity contribution is 7.15. The van der Waals surface area contributed by atoms with Crippen molar-refractivity contribution in [1.29, 1.82) is 5.41 Å². The Morgan fingerprint density at radius 2 is 2.24 bits per heavy atom. The minimum absolute atomic E-state index is 0. The Hall–Kier alpha value is -0.840. The van der Waals surface area contributed by atoms with Gasteiger partial charge in [0, 0.05) is 11.4 Å². The molecule has 1 fully saturated rings. The average Bonchev–Trinajstić information content (AvgIpc) is 2.91. The minimum Gasteiger partial charge on any atom is -0.383 e. The van der Waals surface area contributed by atoms with E-state index in [0.29, 0.717) is 0 Å². The van der Waals surface area contributed by atoms with Gasteiger partial charge in [-0.25, -0.2) is 0 Å². The predicted octanol–water partition coefficient (Wildman–Crippen LogP) is 2.08. The first kappa shape index (κ1) is 12.6. The fourth-order valence-electron chi connectivity index (χ4n) is 2.62. The van der Waals surface area contributed by atoms with Crippen molar-refractivity contribution in [3.05, 3.63) is 28.0 Å². The average molecular weight is 270 g/mol. The lowest BCUT2D eigenvalue weighted by molar-refractivity contribution is 0.536. The molecule has 1 aliphatic heterocycles. The topological polar surface area (TPSA) is 61.9 Å². The zero-order valence-corrected chi connectivity index (χ0v) is 11.0. The summed E-state index contributed by atoms with van der Waals surface area (Å²) in [6.07, 6.45) is 3.58. The SMILES string of the molecule is Cl.N=C(N)c1ccc(C2=CC3CNCC3C2)s1. The van der Waals surface area contributed by atoms with Crippen LogP contribution < -0.4 is 11.1 Å². The van der Waals surface area contributed by atoms with Gasteiger partial charge in [-0.2, -0.15) is 0 Å². The maximum Gasteiger partial charge on any atom is 0.133 e. The quantitative estimate of drug-likeness (QED) is 0.569. The summed E-state index contributed by atoms with van der Waals surface area (Å²) in [6.45, 7) is 2.27. The first-order valence-corrected chi connectivity index (χ1v) is 6.41. The summed E-state index contributed by atoms with van der Waals surface area (Å²) in [5.41, 5.74) is 6.93. The van der Waals surface area contributed by atoms with Crippen LogP contribution in [0, 0.1) is 17.2 Å². The Kier molecular flexibility index (Phi) is 3.56. The van der Waals surface area contributed by atoms with Gasteiger partial charge in [0.2, 0.25) is 0 Å². The predicted molar refractivity (Wildman–Crippen MR) is 75.0 cm³/mol. The van der Waals surface area contributed by atoms with E-state index in [1.165, 1.54) is 16.9 Å². The molecule has 2 unspecified atom stereocenters. The van der Waals surface area contributed by atoms with Crippen molar-refractivity contribution in [1.82, 2.24) is 5.32 Å². The molecular weight excluding hydrogens is 254 g/mol. The van der Waals surface area contributed by atoms with Crippen LogP contribution in [0.3, 0.4) is 0 Å². The number of amidine groups is 1. The summed E-state index contributed by atoms with van der Waals surface area (Å²) < 4.78 is 0. The highest BCUT2D eigenvalue weighted by Crippen LogP contribution is 2.40. The Balaban J connectivity index is 0.00000108. The van der Waals surface area contributed by atoms with Crippen molar-refractivity contribution in [3.8, 4) is 0 Å². The van der Waals surface area contributed by atoms with E-state index < -0.39 is 0 Å². The van der Waals surface area contributed by atoms with Gasteiger partial charge < -0.3 is 11.1 Å². The van der Waals surface area contributed by atoms with E-state index in [1.807, 2.05) is 6.07 Å².